The number of hydrogen-bond acceptors (Lipinski definition) is 3. The predicted octanol–water partition coefficient (Wildman–Crippen LogP) is 6.06. The summed E-state index contributed by atoms with van der Waals surface area (Å²) < 4.78 is 0. The van der Waals surface area contributed by atoms with E-state index in [0.29, 0.717) is 0 Å². The van der Waals surface area contributed by atoms with Crippen molar-refractivity contribution in [3.05, 3.63) is 96.3 Å². The van der Waals surface area contributed by atoms with Crippen molar-refractivity contribution in [2.24, 2.45) is 0 Å². The monoisotopic (exact) mass is 404 g/mol. The van der Waals surface area contributed by atoms with Crippen LogP contribution >= 0.6 is 0 Å². The number of aromatic amines is 1. The molecule has 31 heavy (non-hydrogen) atoms. The Morgan fingerprint density at radius 2 is 1.77 bits per heavy atom. The van der Waals surface area contributed by atoms with Crippen molar-refractivity contribution in [1.29, 1.82) is 0 Å². The first-order chi connectivity index (χ1) is 15.4. The predicted molar refractivity (Wildman–Crippen MR) is 129 cm³/mol. The van der Waals surface area contributed by atoms with Crippen LogP contribution < -0.4 is 10.2 Å². The molecular weight excluding hydrogens is 380 g/mol. The van der Waals surface area contributed by atoms with E-state index in [2.05, 4.69) is 93.1 Å². The molecule has 0 saturated heterocycles. The van der Waals surface area contributed by atoms with Crippen LogP contribution in [-0.2, 0) is 12.8 Å². The molecule has 3 heterocycles. The van der Waals surface area contributed by atoms with Gasteiger partial charge in [-0.15, -0.1) is 0 Å². The van der Waals surface area contributed by atoms with Crippen molar-refractivity contribution in [3.8, 4) is 0 Å². The summed E-state index contributed by atoms with van der Waals surface area (Å²) in [5, 5.41) is 6.14. The van der Waals surface area contributed by atoms with Gasteiger partial charge in [0.1, 0.15) is 0 Å². The van der Waals surface area contributed by atoms with Crippen LogP contribution in [0.5, 0.6) is 0 Å². The van der Waals surface area contributed by atoms with E-state index in [9.17, 15) is 0 Å². The standard InChI is InChI=1S/C27H24N4/c1-3-7-24-22(5-1)20(18-30-24)11-14-28-21-9-10-26-19(17-21)13-16-31(26)27-12-15-29-25-8-4-2-6-23(25)27/h1-10,12,15,17-18,28,30H,11,13-14,16H2. The highest BCUT2D eigenvalue weighted by atomic mass is 15.2. The van der Waals surface area contributed by atoms with Gasteiger partial charge in [-0.3, -0.25) is 4.98 Å². The second-order valence-electron chi connectivity index (χ2n) is 8.13. The van der Waals surface area contributed by atoms with E-state index in [1.165, 1.54) is 44.5 Å². The Morgan fingerprint density at radius 1 is 0.903 bits per heavy atom. The van der Waals surface area contributed by atoms with Gasteiger partial charge >= 0.3 is 0 Å². The van der Waals surface area contributed by atoms with Crippen LogP contribution in [0.25, 0.3) is 21.8 Å². The first-order valence-corrected chi connectivity index (χ1v) is 10.9. The minimum atomic E-state index is 0.916. The first-order valence-electron chi connectivity index (χ1n) is 10.9. The summed E-state index contributed by atoms with van der Waals surface area (Å²) in [6.07, 6.45) is 6.10. The maximum absolute atomic E-state index is 4.52. The number of hydrogen-bond donors (Lipinski definition) is 2. The van der Waals surface area contributed by atoms with E-state index in [0.717, 1.165) is 31.4 Å². The molecule has 0 atom stereocenters. The van der Waals surface area contributed by atoms with Crippen molar-refractivity contribution in [2.75, 3.05) is 23.3 Å². The second-order valence-corrected chi connectivity index (χ2v) is 8.13. The third-order valence-electron chi connectivity index (χ3n) is 6.29. The number of nitrogens with zero attached hydrogens (tertiary/aromatic N) is 2. The number of anilines is 3. The van der Waals surface area contributed by atoms with Crippen LogP contribution in [0, 0.1) is 0 Å². The van der Waals surface area contributed by atoms with Gasteiger partial charge in [-0.05, 0) is 60.4 Å². The van der Waals surface area contributed by atoms with Gasteiger partial charge in [0, 0.05) is 53.1 Å². The lowest BCUT2D eigenvalue weighted by molar-refractivity contribution is 1.00. The minimum absolute atomic E-state index is 0.916. The maximum Gasteiger partial charge on any atom is 0.0722 e. The lowest BCUT2D eigenvalue weighted by atomic mass is 10.1. The summed E-state index contributed by atoms with van der Waals surface area (Å²) in [6.45, 7) is 1.92. The fraction of sp³-hybridized carbons (Fsp3) is 0.148. The topological polar surface area (TPSA) is 44.0 Å². The zero-order valence-electron chi connectivity index (χ0n) is 17.3. The highest BCUT2D eigenvalue weighted by Crippen LogP contribution is 2.38. The Hall–Kier alpha value is -3.79. The third-order valence-corrected chi connectivity index (χ3v) is 6.29. The van der Waals surface area contributed by atoms with Gasteiger partial charge in [0.05, 0.1) is 11.2 Å². The third kappa shape index (κ3) is 3.21. The van der Waals surface area contributed by atoms with E-state index in [-0.39, 0.29) is 0 Å². The molecule has 0 amide bonds. The molecule has 0 spiro atoms. The van der Waals surface area contributed by atoms with Crippen molar-refractivity contribution in [3.63, 3.8) is 0 Å². The molecule has 0 saturated carbocycles. The zero-order chi connectivity index (χ0) is 20.6. The van der Waals surface area contributed by atoms with Gasteiger partial charge in [0.2, 0.25) is 0 Å². The number of para-hydroxylation sites is 2. The van der Waals surface area contributed by atoms with Gasteiger partial charge in [-0.2, -0.15) is 0 Å². The molecule has 0 radical (unpaired) electrons. The maximum atomic E-state index is 4.52. The number of nitrogens with one attached hydrogen (secondary N) is 2. The molecule has 2 aromatic heterocycles. The molecule has 0 aliphatic carbocycles. The van der Waals surface area contributed by atoms with E-state index >= 15 is 0 Å². The number of pyridine rings is 1. The molecule has 0 unspecified atom stereocenters. The van der Waals surface area contributed by atoms with Gasteiger partial charge < -0.3 is 15.2 Å². The Balaban J connectivity index is 1.20. The van der Waals surface area contributed by atoms with E-state index < -0.39 is 0 Å². The second kappa shape index (κ2) is 7.47. The molecule has 5 aromatic rings. The average Bonchev–Trinajstić information content (AvgIpc) is 3.43. The summed E-state index contributed by atoms with van der Waals surface area (Å²) in [4.78, 5) is 10.3. The summed E-state index contributed by atoms with van der Waals surface area (Å²) in [6, 6.07) is 25.8. The molecule has 3 aromatic carbocycles. The molecule has 6 rings (SSSR count). The number of fused-ring (bicyclic) bond motifs is 3. The first kappa shape index (κ1) is 18.0. The molecule has 1 aliphatic heterocycles. The Bertz CT molecular complexity index is 1380. The zero-order valence-corrected chi connectivity index (χ0v) is 17.3. The fourth-order valence-corrected chi connectivity index (χ4v) is 4.76. The van der Waals surface area contributed by atoms with Crippen LogP contribution in [-0.4, -0.2) is 23.1 Å². The van der Waals surface area contributed by atoms with Crippen molar-refractivity contribution in [1.82, 2.24) is 9.97 Å². The van der Waals surface area contributed by atoms with E-state index in [1.807, 2.05) is 12.3 Å². The number of rotatable bonds is 5. The van der Waals surface area contributed by atoms with Crippen molar-refractivity contribution >= 4 is 38.9 Å². The molecule has 0 bridgehead atoms. The molecule has 2 N–H and O–H groups in total. The normalized spacial score (nSPS) is 13.1. The highest BCUT2D eigenvalue weighted by molar-refractivity contribution is 5.94. The largest absolute Gasteiger partial charge is 0.385 e. The smallest absolute Gasteiger partial charge is 0.0722 e. The molecule has 152 valence electrons. The Kier molecular flexibility index (Phi) is 4.34. The minimum Gasteiger partial charge on any atom is -0.385 e. The molecule has 4 heteroatoms. The number of H-pyrrole nitrogens is 1. The van der Waals surface area contributed by atoms with Crippen molar-refractivity contribution < 1.29 is 0 Å². The Morgan fingerprint density at radius 3 is 2.74 bits per heavy atom. The van der Waals surface area contributed by atoms with Gasteiger partial charge in [-0.1, -0.05) is 36.4 Å². The van der Waals surface area contributed by atoms with Crippen LogP contribution in [0.2, 0.25) is 0 Å². The summed E-state index contributed by atoms with van der Waals surface area (Å²) in [5.41, 5.74) is 8.75. The number of aromatic nitrogens is 2. The van der Waals surface area contributed by atoms with Crippen LogP contribution in [0.3, 0.4) is 0 Å². The van der Waals surface area contributed by atoms with E-state index in [4.69, 9.17) is 0 Å². The summed E-state index contributed by atoms with van der Waals surface area (Å²) in [5.74, 6) is 0. The van der Waals surface area contributed by atoms with Crippen LogP contribution in [0.1, 0.15) is 11.1 Å². The van der Waals surface area contributed by atoms with Gasteiger partial charge in [-0.25, -0.2) is 0 Å². The van der Waals surface area contributed by atoms with Crippen molar-refractivity contribution in [2.45, 2.75) is 12.8 Å². The molecule has 4 nitrogen and oxygen atoms in total. The van der Waals surface area contributed by atoms with Gasteiger partial charge in [0.15, 0.2) is 0 Å². The van der Waals surface area contributed by atoms with E-state index in [1.54, 1.807) is 0 Å². The Labute approximate surface area is 181 Å². The van der Waals surface area contributed by atoms with Gasteiger partial charge in [0.25, 0.3) is 0 Å². The number of benzene rings is 3. The van der Waals surface area contributed by atoms with Crippen LogP contribution in [0.15, 0.2) is 85.2 Å². The average molecular weight is 405 g/mol. The SMILES string of the molecule is c1ccc2c(N3CCc4cc(NCCc5c[nH]c6ccccc56)ccc43)ccnc2c1. The lowest BCUT2D eigenvalue weighted by Gasteiger charge is -2.21. The molecular formula is C27H24N4. The van der Waals surface area contributed by atoms with Crippen LogP contribution in [0.4, 0.5) is 17.1 Å². The summed E-state index contributed by atoms with van der Waals surface area (Å²) in [7, 11) is 0. The quantitative estimate of drug-likeness (QED) is 0.374. The molecule has 0 fully saturated rings. The fourth-order valence-electron chi connectivity index (χ4n) is 4.76. The summed E-state index contributed by atoms with van der Waals surface area (Å²) >= 11 is 0. The molecule has 1 aliphatic rings. The lowest BCUT2D eigenvalue weighted by Crippen LogP contribution is -2.13. The highest BCUT2D eigenvalue weighted by Gasteiger charge is 2.22.